The number of carbonyl (C=O) groups excluding carboxylic acids is 1. The Balaban J connectivity index is 2.33. The third-order valence-corrected chi connectivity index (χ3v) is 5.90. The number of rotatable bonds is 3. The monoisotopic (exact) mass is 383 g/mol. The van der Waals surface area contributed by atoms with Gasteiger partial charge in [-0.3, -0.25) is 0 Å². The average Bonchev–Trinajstić information content (AvgIpc) is 2.96. The van der Waals surface area contributed by atoms with Crippen LogP contribution in [0.1, 0.15) is 10.4 Å². The number of halogens is 2. The molecule has 1 aromatic heterocycles. The Kier molecular flexibility index (Phi) is 4.29. The first kappa shape index (κ1) is 16.8. The summed E-state index contributed by atoms with van der Waals surface area (Å²) in [5, 5.41) is 0.741. The molecule has 1 heterocycles. The third kappa shape index (κ3) is 2.66. The molecule has 8 heteroatoms. The van der Waals surface area contributed by atoms with Crippen molar-refractivity contribution in [3.63, 3.8) is 0 Å². The minimum Gasteiger partial charge on any atom is -0.465 e. The summed E-state index contributed by atoms with van der Waals surface area (Å²) >= 11 is 11.9. The molecule has 0 amide bonds. The lowest BCUT2D eigenvalue weighted by atomic mass is 10.2. The quantitative estimate of drug-likeness (QED) is 0.641. The van der Waals surface area contributed by atoms with Crippen molar-refractivity contribution in [2.45, 2.75) is 4.90 Å². The number of hydrogen-bond donors (Lipinski definition) is 0. The second-order valence-electron chi connectivity index (χ2n) is 4.93. The summed E-state index contributed by atoms with van der Waals surface area (Å²) in [6.07, 6.45) is 1.23. The van der Waals surface area contributed by atoms with Crippen molar-refractivity contribution in [3.05, 3.63) is 64.3 Å². The van der Waals surface area contributed by atoms with Crippen LogP contribution >= 0.6 is 23.2 Å². The van der Waals surface area contributed by atoms with Gasteiger partial charge in [-0.1, -0.05) is 41.4 Å². The van der Waals surface area contributed by atoms with Crippen molar-refractivity contribution in [2.24, 2.45) is 0 Å². The van der Waals surface area contributed by atoms with E-state index >= 15 is 0 Å². The van der Waals surface area contributed by atoms with E-state index in [2.05, 4.69) is 0 Å². The number of fused-ring (bicyclic) bond motifs is 1. The molecule has 0 atom stereocenters. The molecule has 124 valence electrons. The molecule has 0 unspecified atom stereocenters. The van der Waals surface area contributed by atoms with E-state index in [0.29, 0.717) is 10.9 Å². The average molecular weight is 384 g/mol. The van der Waals surface area contributed by atoms with E-state index in [1.807, 2.05) is 0 Å². The number of hydrogen-bond acceptors (Lipinski definition) is 4. The van der Waals surface area contributed by atoms with Crippen LogP contribution in [-0.2, 0) is 14.8 Å². The highest BCUT2D eigenvalue weighted by Gasteiger charge is 2.26. The first-order valence-corrected chi connectivity index (χ1v) is 8.95. The van der Waals surface area contributed by atoms with E-state index in [-0.39, 0.29) is 20.5 Å². The van der Waals surface area contributed by atoms with Crippen LogP contribution in [0.15, 0.2) is 53.6 Å². The molecule has 0 spiro atoms. The van der Waals surface area contributed by atoms with Gasteiger partial charge in [0.1, 0.15) is 4.90 Å². The van der Waals surface area contributed by atoms with Crippen molar-refractivity contribution >= 4 is 50.1 Å². The number of methoxy groups -OCH3 is 1. The predicted molar refractivity (Wildman–Crippen MR) is 92.3 cm³/mol. The lowest BCUT2D eigenvalue weighted by Crippen LogP contribution is -2.12. The molecule has 0 bridgehead atoms. The lowest BCUT2D eigenvalue weighted by Gasteiger charge is -2.09. The van der Waals surface area contributed by atoms with Crippen LogP contribution in [0.3, 0.4) is 0 Å². The van der Waals surface area contributed by atoms with E-state index in [0.717, 1.165) is 3.97 Å². The van der Waals surface area contributed by atoms with Gasteiger partial charge in [0, 0.05) is 16.6 Å². The Hall–Kier alpha value is -2.02. The maximum atomic E-state index is 13.0. The van der Waals surface area contributed by atoms with Crippen molar-refractivity contribution < 1.29 is 17.9 Å². The molecule has 0 aliphatic rings. The number of benzene rings is 2. The van der Waals surface area contributed by atoms with Gasteiger partial charge in [0.15, 0.2) is 0 Å². The fraction of sp³-hybridized carbons (Fsp3) is 0.0625. The summed E-state index contributed by atoms with van der Waals surface area (Å²) in [5.41, 5.74) is 0.490. The van der Waals surface area contributed by atoms with Gasteiger partial charge in [0.05, 0.1) is 23.2 Å². The number of aromatic nitrogens is 1. The molecule has 0 aliphatic carbocycles. The predicted octanol–water partition coefficient (Wildman–Crippen LogP) is 3.97. The smallest absolute Gasteiger partial charge is 0.340 e. The number of nitrogens with zero attached hydrogens (tertiary/aromatic N) is 1. The highest BCUT2D eigenvalue weighted by atomic mass is 35.5. The summed E-state index contributed by atoms with van der Waals surface area (Å²) in [5.74, 6) is -0.627. The number of carbonyl (C=O) groups is 1. The van der Waals surface area contributed by atoms with Gasteiger partial charge in [-0.25, -0.2) is 17.2 Å². The molecule has 24 heavy (non-hydrogen) atoms. The molecule has 0 saturated carbocycles. The summed E-state index contributed by atoms with van der Waals surface area (Å²) in [4.78, 5) is 11.8. The van der Waals surface area contributed by atoms with Crippen molar-refractivity contribution in [1.82, 2.24) is 3.97 Å². The minimum atomic E-state index is -4.05. The zero-order valence-electron chi connectivity index (χ0n) is 12.4. The number of ether oxygens (including phenoxy) is 1. The Morgan fingerprint density at radius 2 is 1.83 bits per heavy atom. The molecule has 3 rings (SSSR count). The molecule has 2 aromatic carbocycles. The van der Waals surface area contributed by atoms with Gasteiger partial charge in [-0.05, 0) is 24.3 Å². The minimum absolute atomic E-state index is 0.0387. The summed E-state index contributed by atoms with van der Waals surface area (Å²) in [7, 11) is -2.81. The van der Waals surface area contributed by atoms with Crippen LogP contribution in [0.4, 0.5) is 0 Å². The number of esters is 1. The highest BCUT2D eigenvalue weighted by Crippen LogP contribution is 2.31. The SMILES string of the molecule is COC(=O)c1cn(S(=O)(=O)c2cc(Cl)ccc2Cl)c2ccccc12. The zero-order valence-corrected chi connectivity index (χ0v) is 14.7. The fourth-order valence-electron chi connectivity index (χ4n) is 2.40. The third-order valence-electron chi connectivity index (χ3n) is 3.51. The highest BCUT2D eigenvalue weighted by molar-refractivity contribution is 7.90. The normalized spacial score (nSPS) is 11.6. The van der Waals surface area contributed by atoms with Gasteiger partial charge in [0.2, 0.25) is 0 Å². The lowest BCUT2D eigenvalue weighted by molar-refractivity contribution is 0.0603. The summed E-state index contributed by atoms with van der Waals surface area (Å²) in [6.45, 7) is 0. The molecule has 0 saturated heterocycles. The molecular formula is C16H11Cl2NO4S. The molecule has 0 radical (unpaired) electrons. The van der Waals surface area contributed by atoms with Crippen LogP contribution in [0, 0.1) is 0 Å². The zero-order chi connectivity index (χ0) is 17.5. The Labute approximate surface area is 148 Å². The molecular weight excluding hydrogens is 373 g/mol. The van der Waals surface area contributed by atoms with Gasteiger partial charge in [0.25, 0.3) is 10.0 Å². The van der Waals surface area contributed by atoms with E-state index in [1.165, 1.54) is 31.5 Å². The molecule has 3 aromatic rings. The van der Waals surface area contributed by atoms with Crippen molar-refractivity contribution in [3.8, 4) is 0 Å². The fourth-order valence-corrected chi connectivity index (χ4v) is 4.51. The van der Waals surface area contributed by atoms with Crippen LogP contribution in [0.2, 0.25) is 10.0 Å². The van der Waals surface area contributed by atoms with Crippen molar-refractivity contribution in [2.75, 3.05) is 7.11 Å². The first-order valence-electron chi connectivity index (χ1n) is 6.75. The van der Waals surface area contributed by atoms with E-state index in [1.54, 1.807) is 24.3 Å². The van der Waals surface area contributed by atoms with Gasteiger partial charge in [-0.2, -0.15) is 0 Å². The second-order valence-corrected chi connectivity index (χ2v) is 7.55. The van der Waals surface area contributed by atoms with Gasteiger partial charge in [-0.15, -0.1) is 0 Å². The van der Waals surface area contributed by atoms with Crippen LogP contribution in [0.5, 0.6) is 0 Å². The molecule has 0 N–H and O–H groups in total. The first-order chi connectivity index (χ1) is 11.4. The molecule has 5 nitrogen and oxygen atoms in total. The second kappa shape index (κ2) is 6.12. The molecule has 0 fully saturated rings. The maximum absolute atomic E-state index is 13.0. The Morgan fingerprint density at radius 1 is 1.12 bits per heavy atom. The van der Waals surface area contributed by atoms with Crippen LogP contribution < -0.4 is 0 Å². The summed E-state index contributed by atoms with van der Waals surface area (Å²) < 4.78 is 31.8. The topological polar surface area (TPSA) is 65.4 Å². The van der Waals surface area contributed by atoms with E-state index in [9.17, 15) is 13.2 Å². The Morgan fingerprint density at radius 3 is 2.54 bits per heavy atom. The van der Waals surface area contributed by atoms with Crippen LogP contribution in [0.25, 0.3) is 10.9 Å². The number of para-hydroxylation sites is 1. The van der Waals surface area contributed by atoms with Crippen molar-refractivity contribution in [1.29, 1.82) is 0 Å². The van der Waals surface area contributed by atoms with Crippen LogP contribution in [-0.4, -0.2) is 25.5 Å². The summed E-state index contributed by atoms with van der Waals surface area (Å²) in [6, 6.07) is 10.8. The standard InChI is InChI=1S/C16H11Cl2NO4S/c1-23-16(20)12-9-19(14-5-3-2-4-11(12)14)24(21,22)15-8-10(17)6-7-13(15)18/h2-9H,1H3. The van der Waals surface area contributed by atoms with E-state index in [4.69, 9.17) is 27.9 Å². The van der Waals surface area contributed by atoms with Gasteiger partial charge >= 0.3 is 5.97 Å². The van der Waals surface area contributed by atoms with E-state index < -0.39 is 16.0 Å². The maximum Gasteiger partial charge on any atom is 0.340 e. The molecule has 0 aliphatic heterocycles. The van der Waals surface area contributed by atoms with Gasteiger partial charge < -0.3 is 4.74 Å². The Bertz CT molecular complexity index is 1060. The largest absolute Gasteiger partial charge is 0.465 e.